The van der Waals surface area contributed by atoms with Gasteiger partial charge in [0.2, 0.25) is 0 Å². The second kappa shape index (κ2) is 5.27. The first kappa shape index (κ1) is 14.1. The Morgan fingerprint density at radius 3 is 2.43 bits per heavy atom. The van der Waals surface area contributed by atoms with E-state index in [-0.39, 0.29) is 5.91 Å². The molecule has 0 unspecified atom stereocenters. The Morgan fingerprint density at radius 2 is 1.86 bits per heavy atom. The maximum atomic E-state index is 12.6. The first-order chi connectivity index (χ1) is 10.2. The predicted octanol–water partition coefficient (Wildman–Crippen LogP) is 4.07. The van der Waals surface area contributed by atoms with Crippen LogP contribution in [-0.4, -0.2) is 19.1 Å². The molecular formula is C16H20BrNO2S. The first-order valence-electron chi connectivity index (χ1n) is 7.77. The molecule has 0 spiro atoms. The Balaban J connectivity index is 1.52. The van der Waals surface area contributed by atoms with Crippen LogP contribution in [0.15, 0.2) is 9.17 Å². The van der Waals surface area contributed by atoms with Crippen LogP contribution in [0.4, 0.5) is 0 Å². The van der Waals surface area contributed by atoms with E-state index in [1.165, 1.54) is 43.4 Å². The van der Waals surface area contributed by atoms with Crippen LogP contribution in [-0.2, 0) is 0 Å². The van der Waals surface area contributed by atoms with E-state index in [9.17, 15) is 4.79 Å². The molecule has 5 rings (SSSR count). The smallest absolute Gasteiger partial charge is 0.256 e. The van der Waals surface area contributed by atoms with Crippen LogP contribution >= 0.6 is 27.3 Å². The molecule has 1 aromatic heterocycles. The largest absolute Gasteiger partial charge is 0.494 e. The van der Waals surface area contributed by atoms with Crippen molar-refractivity contribution in [2.75, 3.05) is 7.11 Å². The van der Waals surface area contributed by atoms with E-state index in [0.29, 0.717) is 29.2 Å². The fraction of sp³-hybridized carbons (Fsp3) is 0.688. The third kappa shape index (κ3) is 2.33. The van der Waals surface area contributed by atoms with E-state index in [0.717, 1.165) is 15.6 Å². The SMILES string of the molecule is COc1c(C(=O)NC2C3CC4CC(C3)CC2C4)csc1Br. The molecule has 4 aliphatic rings. The molecule has 0 aliphatic heterocycles. The summed E-state index contributed by atoms with van der Waals surface area (Å²) >= 11 is 4.95. The Bertz CT molecular complexity index is 543. The van der Waals surface area contributed by atoms with Crippen LogP contribution in [0.3, 0.4) is 0 Å². The number of nitrogens with one attached hydrogen (secondary N) is 1. The molecule has 21 heavy (non-hydrogen) atoms. The highest BCUT2D eigenvalue weighted by Crippen LogP contribution is 2.53. The summed E-state index contributed by atoms with van der Waals surface area (Å²) in [7, 11) is 1.62. The van der Waals surface area contributed by atoms with Crippen molar-refractivity contribution in [3.05, 3.63) is 14.7 Å². The van der Waals surface area contributed by atoms with Crippen LogP contribution in [0.25, 0.3) is 0 Å². The van der Waals surface area contributed by atoms with Crippen molar-refractivity contribution in [2.45, 2.75) is 38.1 Å². The van der Waals surface area contributed by atoms with Gasteiger partial charge in [0.05, 0.1) is 12.7 Å². The van der Waals surface area contributed by atoms with Gasteiger partial charge in [0.25, 0.3) is 5.91 Å². The van der Waals surface area contributed by atoms with Gasteiger partial charge in [0.1, 0.15) is 3.79 Å². The molecule has 0 radical (unpaired) electrons. The molecule has 0 saturated heterocycles. The summed E-state index contributed by atoms with van der Waals surface area (Å²) in [6.45, 7) is 0. The number of hydrogen-bond donors (Lipinski definition) is 1. The normalized spacial score (nSPS) is 36.8. The number of methoxy groups -OCH3 is 1. The van der Waals surface area contributed by atoms with Gasteiger partial charge in [-0.25, -0.2) is 0 Å². The number of carbonyl (C=O) groups excluding carboxylic acids is 1. The molecule has 5 heteroatoms. The van der Waals surface area contributed by atoms with Crippen LogP contribution in [0, 0.1) is 23.7 Å². The van der Waals surface area contributed by atoms with Gasteiger partial charge in [-0.15, -0.1) is 11.3 Å². The molecule has 114 valence electrons. The zero-order chi connectivity index (χ0) is 14.6. The van der Waals surface area contributed by atoms with Gasteiger partial charge in [0.15, 0.2) is 5.75 Å². The molecule has 4 bridgehead atoms. The van der Waals surface area contributed by atoms with E-state index in [1.54, 1.807) is 7.11 Å². The van der Waals surface area contributed by atoms with Gasteiger partial charge in [-0.05, 0) is 71.7 Å². The summed E-state index contributed by atoms with van der Waals surface area (Å²) in [5.74, 6) is 3.99. The standard InChI is InChI=1S/C16H20BrNO2S/c1-20-14-12(7-21-15(14)17)16(19)18-13-10-3-8-2-9(5-10)6-11(13)4-8/h7-11,13H,2-6H2,1H3,(H,18,19). The lowest BCUT2D eigenvalue weighted by Gasteiger charge is -2.54. The van der Waals surface area contributed by atoms with E-state index >= 15 is 0 Å². The molecule has 4 fully saturated rings. The highest BCUT2D eigenvalue weighted by molar-refractivity contribution is 9.11. The van der Waals surface area contributed by atoms with Crippen LogP contribution < -0.4 is 10.1 Å². The lowest BCUT2D eigenvalue weighted by molar-refractivity contribution is -0.0119. The maximum Gasteiger partial charge on any atom is 0.256 e. The van der Waals surface area contributed by atoms with Gasteiger partial charge in [-0.2, -0.15) is 0 Å². The number of carbonyl (C=O) groups is 1. The zero-order valence-corrected chi connectivity index (χ0v) is 14.5. The minimum absolute atomic E-state index is 0.0336. The third-order valence-corrected chi connectivity index (χ3v) is 7.34. The lowest BCUT2D eigenvalue weighted by Crippen LogP contribution is -2.55. The van der Waals surface area contributed by atoms with Crippen molar-refractivity contribution in [1.29, 1.82) is 0 Å². The Labute approximate surface area is 137 Å². The van der Waals surface area contributed by atoms with Gasteiger partial charge < -0.3 is 10.1 Å². The summed E-state index contributed by atoms with van der Waals surface area (Å²) in [6, 6.07) is 0.383. The average Bonchev–Trinajstić information content (AvgIpc) is 2.83. The number of rotatable bonds is 3. The summed E-state index contributed by atoms with van der Waals surface area (Å²) in [5.41, 5.74) is 0.670. The fourth-order valence-electron chi connectivity index (χ4n) is 5.06. The molecule has 1 N–H and O–H groups in total. The lowest BCUT2D eigenvalue weighted by atomic mass is 9.54. The van der Waals surface area contributed by atoms with Crippen molar-refractivity contribution in [3.8, 4) is 5.75 Å². The van der Waals surface area contributed by atoms with Gasteiger partial charge in [-0.1, -0.05) is 0 Å². The first-order valence-corrected chi connectivity index (χ1v) is 9.44. The molecule has 0 atom stereocenters. The fourth-order valence-corrected chi connectivity index (χ4v) is 6.45. The van der Waals surface area contributed by atoms with Gasteiger partial charge in [-0.3, -0.25) is 4.79 Å². The number of ether oxygens (including phenoxy) is 1. The third-order valence-electron chi connectivity index (χ3n) is 5.68. The van der Waals surface area contributed by atoms with E-state index in [2.05, 4.69) is 21.2 Å². The molecule has 1 heterocycles. The van der Waals surface area contributed by atoms with Crippen molar-refractivity contribution < 1.29 is 9.53 Å². The van der Waals surface area contributed by atoms with Crippen LogP contribution in [0.5, 0.6) is 5.75 Å². The highest BCUT2D eigenvalue weighted by Gasteiger charge is 2.48. The van der Waals surface area contributed by atoms with Crippen molar-refractivity contribution in [2.24, 2.45) is 23.7 Å². The van der Waals surface area contributed by atoms with Crippen molar-refractivity contribution >= 4 is 33.2 Å². The second-order valence-corrected chi connectivity index (χ2v) is 9.08. The van der Waals surface area contributed by atoms with Crippen molar-refractivity contribution in [3.63, 3.8) is 0 Å². The molecule has 0 aromatic carbocycles. The maximum absolute atomic E-state index is 12.6. The molecule has 1 amide bonds. The number of thiophene rings is 1. The summed E-state index contributed by atoms with van der Waals surface area (Å²) in [6.07, 6.45) is 6.73. The number of halogens is 1. The minimum Gasteiger partial charge on any atom is -0.494 e. The molecular weight excluding hydrogens is 350 g/mol. The Morgan fingerprint density at radius 1 is 1.24 bits per heavy atom. The summed E-state index contributed by atoms with van der Waals surface area (Å²) in [5, 5.41) is 5.22. The van der Waals surface area contributed by atoms with E-state index in [4.69, 9.17) is 4.74 Å². The van der Waals surface area contributed by atoms with Crippen LogP contribution in [0.2, 0.25) is 0 Å². The summed E-state index contributed by atoms with van der Waals surface area (Å²) < 4.78 is 6.24. The summed E-state index contributed by atoms with van der Waals surface area (Å²) in [4.78, 5) is 12.6. The Kier molecular flexibility index (Phi) is 3.53. The number of hydrogen-bond acceptors (Lipinski definition) is 3. The topological polar surface area (TPSA) is 38.3 Å². The second-order valence-electron chi connectivity index (χ2n) is 6.89. The van der Waals surface area contributed by atoms with Crippen molar-refractivity contribution in [1.82, 2.24) is 5.32 Å². The Hall–Kier alpha value is -0.550. The van der Waals surface area contributed by atoms with Crippen LogP contribution in [0.1, 0.15) is 42.5 Å². The van der Waals surface area contributed by atoms with E-state index in [1.807, 2.05) is 5.38 Å². The number of amides is 1. The molecule has 4 aliphatic carbocycles. The van der Waals surface area contributed by atoms with E-state index < -0.39 is 0 Å². The van der Waals surface area contributed by atoms with Gasteiger partial charge in [0, 0.05) is 11.4 Å². The monoisotopic (exact) mass is 369 g/mol. The molecule has 1 aromatic rings. The average molecular weight is 370 g/mol. The quantitative estimate of drug-likeness (QED) is 0.871. The highest BCUT2D eigenvalue weighted by atomic mass is 79.9. The van der Waals surface area contributed by atoms with Gasteiger partial charge >= 0.3 is 0 Å². The predicted molar refractivity (Wildman–Crippen MR) is 86.9 cm³/mol. The molecule has 3 nitrogen and oxygen atoms in total. The molecule has 4 saturated carbocycles. The zero-order valence-electron chi connectivity index (χ0n) is 12.1. The minimum atomic E-state index is 0.0336.